The Hall–Kier alpha value is -1.65. The van der Waals surface area contributed by atoms with Crippen molar-refractivity contribution in [3.05, 3.63) is 22.8 Å². The molecule has 2 N–H and O–H groups in total. The topological polar surface area (TPSA) is 73.6 Å². The molecule has 0 unspecified atom stereocenters. The van der Waals surface area contributed by atoms with Gasteiger partial charge in [0.15, 0.2) is 0 Å². The summed E-state index contributed by atoms with van der Waals surface area (Å²) in [5.41, 5.74) is 8.02. The number of anilines is 1. The maximum atomic E-state index is 9.15. The number of hydrogen-bond acceptors (Lipinski definition) is 4. The molecular weight excluding hydrogens is 230 g/mol. The molecule has 1 rings (SSSR count). The molecule has 0 fully saturated rings. The molecule has 4 heteroatoms. The second kappa shape index (κ2) is 5.61. The van der Waals surface area contributed by atoms with Gasteiger partial charge in [0.25, 0.3) is 0 Å². The van der Waals surface area contributed by atoms with Crippen molar-refractivity contribution >= 4 is 17.4 Å². The van der Waals surface area contributed by atoms with E-state index in [4.69, 9.17) is 16.3 Å². The zero-order valence-corrected chi connectivity index (χ0v) is 11.1. The van der Waals surface area contributed by atoms with Gasteiger partial charge < -0.3 is 5.73 Å². The predicted molar refractivity (Wildman–Crippen MR) is 70.6 cm³/mol. The summed E-state index contributed by atoms with van der Waals surface area (Å²) in [6.07, 6.45) is 2.70. The van der Waals surface area contributed by atoms with E-state index >= 15 is 0 Å². The van der Waals surface area contributed by atoms with Gasteiger partial charge in [-0.25, -0.2) is 0 Å². The largest absolute Gasteiger partial charge is 0.397 e. The molecule has 0 radical (unpaired) electrons. The number of hydrogen-bond donors (Lipinski definition) is 1. The maximum Gasteiger partial charge on any atom is 0.103 e. The minimum absolute atomic E-state index is 0.317. The van der Waals surface area contributed by atoms with Gasteiger partial charge in [0, 0.05) is 4.90 Å². The van der Waals surface area contributed by atoms with Crippen molar-refractivity contribution in [3.63, 3.8) is 0 Å². The van der Waals surface area contributed by atoms with Gasteiger partial charge in [-0.15, -0.1) is 11.8 Å². The number of thioether (sulfide) groups is 1. The molecule has 0 spiro atoms. The fourth-order valence-electron chi connectivity index (χ4n) is 1.74. The van der Waals surface area contributed by atoms with E-state index in [1.165, 1.54) is 11.8 Å². The lowest BCUT2D eigenvalue weighted by atomic mass is 9.95. The van der Waals surface area contributed by atoms with Gasteiger partial charge in [-0.3, -0.25) is 0 Å². The summed E-state index contributed by atoms with van der Waals surface area (Å²) in [6, 6.07) is 6.10. The van der Waals surface area contributed by atoms with Crippen molar-refractivity contribution in [2.24, 2.45) is 5.92 Å². The number of nitriles is 2. The Morgan fingerprint density at radius 1 is 1.29 bits per heavy atom. The van der Waals surface area contributed by atoms with Crippen LogP contribution in [-0.4, -0.2) is 6.26 Å². The van der Waals surface area contributed by atoms with Crippen LogP contribution in [0, 0.1) is 28.6 Å². The van der Waals surface area contributed by atoms with Gasteiger partial charge in [0.05, 0.1) is 16.8 Å². The Balaban J connectivity index is 3.48. The molecule has 1 aromatic rings. The molecule has 17 heavy (non-hydrogen) atoms. The highest BCUT2D eigenvalue weighted by Gasteiger charge is 2.16. The van der Waals surface area contributed by atoms with Crippen LogP contribution in [0.25, 0.3) is 0 Å². The lowest BCUT2D eigenvalue weighted by molar-refractivity contribution is 0.645. The lowest BCUT2D eigenvalue weighted by Gasteiger charge is -2.13. The average molecular weight is 245 g/mol. The van der Waals surface area contributed by atoms with Crippen LogP contribution in [0.5, 0.6) is 0 Å². The zero-order valence-electron chi connectivity index (χ0n) is 10.2. The summed E-state index contributed by atoms with van der Waals surface area (Å²) in [7, 11) is 0. The van der Waals surface area contributed by atoms with Gasteiger partial charge in [-0.1, -0.05) is 13.8 Å². The standard InChI is InChI=1S/C13H15N3S/c1-8(2)4-9-5-12(17-3)11(7-15)13(16)10(9)6-14/h5,8H,4,16H2,1-3H3. The molecule has 0 saturated heterocycles. The number of nitrogens with zero attached hydrogens (tertiary/aromatic N) is 2. The van der Waals surface area contributed by atoms with Gasteiger partial charge in [0.1, 0.15) is 12.1 Å². The third-order valence-corrected chi connectivity index (χ3v) is 3.24. The van der Waals surface area contributed by atoms with Crippen LogP contribution in [0.4, 0.5) is 5.69 Å². The lowest BCUT2D eigenvalue weighted by Crippen LogP contribution is -2.04. The van der Waals surface area contributed by atoms with Crippen molar-refractivity contribution in [3.8, 4) is 12.1 Å². The summed E-state index contributed by atoms with van der Waals surface area (Å²) in [5.74, 6) is 0.448. The molecular formula is C13H15N3S. The quantitative estimate of drug-likeness (QED) is 0.656. The molecule has 0 atom stereocenters. The van der Waals surface area contributed by atoms with E-state index in [9.17, 15) is 0 Å². The average Bonchev–Trinajstić information content (AvgIpc) is 2.28. The summed E-state index contributed by atoms with van der Waals surface area (Å²) < 4.78 is 0. The van der Waals surface area contributed by atoms with Crippen LogP contribution in [-0.2, 0) is 6.42 Å². The van der Waals surface area contributed by atoms with Crippen LogP contribution in [0.15, 0.2) is 11.0 Å². The first-order chi connectivity index (χ1) is 8.04. The Morgan fingerprint density at radius 2 is 1.88 bits per heavy atom. The molecule has 0 amide bonds. The second-order valence-corrected chi connectivity index (χ2v) is 5.07. The minimum atomic E-state index is 0.317. The Bertz CT molecular complexity index is 507. The Kier molecular flexibility index (Phi) is 4.43. The van der Waals surface area contributed by atoms with E-state index in [0.29, 0.717) is 22.7 Å². The summed E-state index contributed by atoms with van der Waals surface area (Å²) >= 11 is 1.48. The van der Waals surface area contributed by atoms with E-state index in [1.54, 1.807) is 0 Å². The van der Waals surface area contributed by atoms with Crippen molar-refractivity contribution < 1.29 is 0 Å². The van der Waals surface area contributed by atoms with E-state index in [2.05, 4.69) is 26.0 Å². The van der Waals surface area contributed by atoms with Crippen molar-refractivity contribution in [2.75, 3.05) is 12.0 Å². The fraction of sp³-hybridized carbons (Fsp3) is 0.385. The number of benzene rings is 1. The van der Waals surface area contributed by atoms with E-state index in [0.717, 1.165) is 16.9 Å². The molecule has 88 valence electrons. The molecule has 0 aliphatic carbocycles. The van der Waals surface area contributed by atoms with Crippen molar-refractivity contribution in [1.82, 2.24) is 0 Å². The second-order valence-electron chi connectivity index (χ2n) is 4.22. The molecule has 0 aliphatic rings. The van der Waals surface area contributed by atoms with E-state index < -0.39 is 0 Å². The summed E-state index contributed by atoms with van der Waals surface area (Å²) in [6.45, 7) is 4.18. The zero-order chi connectivity index (χ0) is 13.0. The Labute approximate surface area is 106 Å². The smallest absolute Gasteiger partial charge is 0.103 e. The first-order valence-corrected chi connectivity index (χ1v) is 6.57. The SMILES string of the molecule is CSc1cc(CC(C)C)c(C#N)c(N)c1C#N. The fourth-order valence-corrected chi connectivity index (χ4v) is 2.36. The number of nitrogens with two attached hydrogens (primary N) is 1. The first-order valence-electron chi connectivity index (χ1n) is 5.34. The summed E-state index contributed by atoms with van der Waals surface area (Å²) in [5, 5.41) is 18.2. The number of rotatable bonds is 3. The van der Waals surface area contributed by atoms with Gasteiger partial charge in [0.2, 0.25) is 0 Å². The van der Waals surface area contributed by atoms with Crippen LogP contribution in [0.3, 0.4) is 0 Å². The van der Waals surface area contributed by atoms with Crippen LogP contribution < -0.4 is 5.73 Å². The van der Waals surface area contributed by atoms with Crippen molar-refractivity contribution in [2.45, 2.75) is 25.2 Å². The van der Waals surface area contributed by atoms with Gasteiger partial charge in [-0.2, -0.15) is 10.5 Å². The van der Waals surface area contributed by atoms with Gasteiger partial charge >= 0.3 is 0 Å². The maximum absolute atomic E-state index is 9.15. The molecule has 0 aromatic heterocycles. The molecule has 1 aromatic carbocycles. The minimum Gasteiger partial charge on any atom is -0.397 e. The van der Waals surface area contributed by atoms with Crippen molar-refractivity contribution in [1.29, 1.82) is 10.5 Å². The van der Waals surface area contributed by atoms with Crippen LogP contribution in [0.2, 0.25) is 0 Å². The van der Waals surface area contributed by atoms with E-state index in [1.807, 2.05) is 12.3 Å². The molecule has 3 nitrogen and oxygen atoms in total. The molecule has 0 heterocycles. The predicted octanol–water partition coefficient (Wildman–Crippen LogP) is 2.93. The van der Waals surface area contributed by atoms with Crippen LogP contribution in [0.1, 0.15) is 30.5 Å². The highest BCUT2D eigenvalue weighted by atomic mass is 32.2. The normalized spacial score (nSPS) is 10.0. The third kappa shape index (κ3) is 2.72. The molecule has 0 saturated carbocycles. The molecule has 0 aliphatic heterocycles. The highest BCUT2D eigenvalue weighted by molar-refractivity contribution is 7.98. The van der Waals surface area contributed by atoms with Crippen LogP contribution >= 0.6 is 11.8 Å². The number of nitrogen functional groups attached to an aromatic ring is 1. The monoisotopic (exact) mass is 245 g/mol. The Morgan fingerprint density at radius 3 is 2.29 bits per heavy atom. The summed E-state index contributed by atoms with van der Waals surface area (Å²) in [4.78, 5) is 0.847. The third-order valence-electron chi connectivity index (χ3n) is 2.48. The van der Waals surface area contributed by atoms with E-state index in [-0.39, 0.29) is 0 Å². The highest BCUT2D eigenvalue weighted by Crippen LogP contribution is 2.31. The molecule has 0 bridgehead atoms. The first kappa shape index (κ1) is 13.4. The van der Waals surface area contributed by atoms with Gasteiger partial charge in [-0.05, 0) is 30.2 Å².